The molecule has 2 unspecified atom stereocenters. The third kappa shape index (κ3) is 5.41. The van der Waals surface area contributed by atoms with Crippen molar-refractivity contribution in [1.82, 2.24) is 10.2 Å². The first kappa shape index (κ1) is 26.5. The van der Waals surface area contributed by atoms with Crippen LogP contribution in [0.1, 0.15) is 20.8 Å². The number of amides is 3. The third-order valence-electron chi connectivity index (χ3n) is 5.34. The second-order valence-corrected chi connectivity index (χ2v) is 7.67. The van der Waals surface area contributed by atoms with Gasteiger partial charge in [0.2, 0.25) is 17.7 Å². The molecular weight excluding hydrogens is 436 g/mol. The van der Waals surface area contributed by atoms with Crippen molar-refractivity contribution < 1.29 is 59.2 Å². The van der Waals surface area contributed by atoms with Crippen LogP contribution in [0, 0.1) is 0 Å². The Morgan fingerprint density at radius 3 is 1.72 bits per heavy atom. The number of aliphatic hydroxyl groups excluding tert-OH is 6. The number of hydrogen-bond acceptors (Lipinski definition) is 12. The highest BCUT2D eigenvalue weighted by Gasteiger charge is 2.53. The van der Waals surface area contributed by atoms with Gasteiger partial charge in [0.25, 0.3) is 0 Å². The molecule has 2 aliphatic rings. The number of ether oxygens (including phenoxy) is 3. The fourth-order valence-corrected chi connectivity index (χ4v) is 3.81. The molecule has 0 saturated carbocycles. The lowest BCUT2D eigenvalue weighted by Gasteiger charge is -2.48. The number of hydrogen-bond donors (Lipinski definition) is 7. The monoisotopic (exact) mass is 466 g/mol. The molecule has 0 aromatic heterocycles. The van der Waals surface area contributed by atoms with Crippen LogP contribution < -0.4 is 5.32 Å². The molecule has 3 amide bonds. The van der Waals surface area contributed by atoms with E-state index in [1.807, 2.05) is 0 Å². The molecule has 14 nitrogen and oxygen atoms in total. The first-order chi connectivity index (χ1) is 14.9. The lowest BCUT2D eigenvalue weighted by atomic mass is 9.94. The summed E-state index contributed by atoms with van der Waals surface area (Å²) < 4.78 is 16.6. The molecule has 184 valence electrons. The quantitative estimate of drug-likeness (QED) is 0.196. The number of rotatable bonds is 6. The zero-order valence-electron chi connectivity index (χ0n) is 17.8. The summed E-state index contributed by atoms with van der Waals surface area (Å²) >= 11 is 0. The van der Waals surface area contributed by atoms with Gasteiger partial charge in [0.05, 0.1) is 13.2 Å². The van der Waals surface area contributed by atoms with Gasteiger partial charge in [-0.1, -0.05) is 0 Å². The van der Waals surface area contributed by atoms with Gasteiger partial charge in [0, 0.05) is 20.8 Å². The van der Waals surface area contributed by atoms with Crippen molar-refractivity contribution in [3.05, 3.63) is 0 Å². The van der Waals surface area contributed by atoms with Gasteiger partial charge in [0.15, 0.2) is 12.6 Å². The maximum absolute atomic E-state index is 12.1. The lowest BCUT2D eigenvalue weighted by molar-refractivity contribution is -0.352. The average Bonchev–Trinajstić information content (AvgIpc) is 2.71. The summed E-state index contributed by atoms with van der Waals surface area (Å²) in [6.07, 6.45) is -12.7. The summed E-state index contributed by atoms with van der Waals surface area (Å²) in [6.45, 7) is 1.71. The molecule has 32 heavy (non-hydrogen) atoms. The van der Waals surface area contributed by atoms with Crippen LogP contribution in [0.15, 0.2) is 0 Å². The Hall–Kier alpha value is -1.75. The van der Waals surface area contributed by atoms with Crippen molar-refractivity contribution in [2.45, 2.75) is 82.1 Å². The number of imide groups is 1. The van der Waals surface area contributed by atoms with E-state index in [4.69, 9.17) is 14.2 Å². The van der Waals surface area contributed by atoms with Crippen molar-refractivity contribution in [2.75, 3.05) is 13.2 Å². The smallest absolute Gasteiger partial charge is 0.226 e. The van der Waals surface area contributed by atoms with Crippen LogP contribution in [0.4, 0.5) is 0 Å². The second kappa shape index (κ2) is 10.9. The fourth-order valence-electron chi connectivity index (χ4n) is 3.81. The molecule has 2 fully saturated rings. The van der Waals surface area contributed by atoms with Gasteiger partial charge < -0.3 is 50.2 Å². The topological polar surface area (TPSA) is 216 Å². The van der Waals surface area contributed by atoms with E-state index in [0.717, 1.165) is 20.8 Å². The van der Waals surface area contributed by atoms with E-state index in [9.17, 15) is 45.0 Å². The summed E-state index contributed by atoms with van der Waals surface area (Å²) in [5, 5.41) is 62.6. The van der Waals surface area contributed by atoms with Gasteiger partial charge in [-0.15, -0.1) is 0 Å². The second-order valence-electron chi connectivity index (χ2n) is 7.67. The standard InChI is InChI=1S/C18H30N2O12/c1-6(23)19-11-15(28)13(26)9(4-21)30-17(11)32-18-12(20(7(2)24)8(3)25)16(29)14(27)10(5-22)31-18/h9-18,21-22,26-29H,4-5H2,1-3H3,(H,19,23)/t9-,10-,11-,12-,13-,14-,15-,16-,17?,18?/m1/s1. The number of carbonyl (C=O) groups excluding carboxylic acids is 3. The Kier molecular flexibility index (Phi) is 9.04. The molecule has 0 aromatic rings. The van der Waals surface area contributed by atoms with E-state index in [2.05, 4.69) is 5.32 Å². The first-order valence-corrected chi connectivity index (χ1v) is 9.92. The molecule has 0 aromatic carbocycles. The van der Waals surface area contributed by atoms with Crippen LogP contribution >= 0.6 is 0 Å². The molecule has 0 bridgehead atoms. The highest BCUT2D eigenvalue weighted by molar-refractivity contribution is 5.93. The van der Waals surface area contributed by atoms with E-state index in [1.165, 1.54) is 0 Å². The molecule has 2 saturated heterocycles. The Morgan fingerprint density at radius 2 is 1.28 bits per heavy atom. The van der Waals surface area contributed by atoms with Crippen molar-refractivity contribution in [2.24, 2.45) is 0 Å². The first-order valence-electron chi connectivity index (χ1n) is 9.92. The molecule has 2 aliphatic heterocycles. The molecule has 0 aliphatic carbocycles. The summed E-state index contributed by atoms with van der Waals surface area (Å²) in [4.78, 5) is 36.4. The largest absolute Gasteiger partial charge is 0.394 e. The molecule has 0 radical (unpaired) electrons. The van der Waals surface area contributed by atoms with Crippen molar-refractivity contribution in [1.29, 1.82) is 0 Å². The molecule has 10 atom stereocenters. The summed E-state index contributed by atoms with van der Waals surface area (Å²) in [5.41, 5.74) is 0. The summed E-state index contributed by atoms with van der Waals surface area (Å²) in [7, 11) is 0. The van der Waals surface area contributed by atoms with Crippen LogP contribution in [-0.4, -0.2) is 128 Å². The normalized spacial score (nSPS) is 39.9. The SMILES string of the molecule is CC(=O)N[C@H]1C(OC2O[C@H](CO)[C@@H](O)[C@H](O)[C@H]2N(C(C)=O)C(C)=O)O[C@H](CO)[C@@H](O)[C@@H]1O. The summed E-state index contributed by atoms with van der Waals surface area (Å²) in [6, 6.07) is -2.98. The maximum Gasteiger partial charge on any atom is 0.226 e. The number of aliphatic hydroxyl groups is 6. The fraction of sp³-hybridized carbons (Fsp3) is 0.833. The van der Waals surface area contributed by atoms with Crippen LogP contribution in [0.3, 0.4) is 0 Å². The van der Waals surface area contributed by atoms with E-state index >= 15 is 0 Å². The van der Waals surface area contributed by atoms with Gasteiger partial charge in [-0.2, -0.15) is 0 Å². The van der Waals surface area contributed by atoms with Crippen LogP contribution in [0.25, 0.3) is 0 Å². The molecular formula is C18H30N2O12. The number of carbonyl (C=O) groups is 3. The highest BCUT2D eigenvalue weighted by atomic mass is 16.8. The van der Waals surface area contributed by atoms with Gasteiger partial charge in [0.1, 0.15) is 48.7 Å². The van der Waals surface area contributed by atoms with E-state index < -0.39 is 92.2 Å². The Bertz CT molecular complexity index is 679. The average molecular weight is 466 g/mol. The van der Waals surface area contributed by atoms with Crippen LogP contribution in [-0.2, 0) is 28.6 Å². The van der Waals surface area contributed by atoms with E-state index in [1.54, 1.807) is 0 Å². The highest BCUT2D eigenvalue weighted by Crippen LogP contribution is 2.30. The minimum Gasteiger partial charge on any atom is -0.394 e. The van der Waals surface area contributed by atoms with E-state index in [-0.39, 0.29) is 0 Å². The molecule has 2 heterocycles. The van der Waals surface area contributed by atoms with Gasteiger partial charge in [-0.25, -0.2) is 0 Å². The Morgan fingerprint density at radius 1 is 0.812 bits per heavy atom. The zero-order valence-corrected chi connectivity index (χ0v) is 17.8. The Labute approximate surface area is 183 Å². The zero-order chi connectivity index (χ0) is 24.3. The Balaban J connectivity index is 2.42. The predicted molar refractivity (Wildman–Crippen MR) is 101 cm³/mol. The minimum atomic E-state index is -1.80. The minimum absolute atomic E-state index is 0.594. The lowest BCUT2D eigenvalue weighted by Crippen LogP contribution is -2.69. The number of nitrogens with one attached hydrogen (secondary N) is 1. The van der Waals surface area contributed by atoms with E-state index in [0.29, 0.717) is 4.90 Å². The van der Waals surface area contributed by atoms with Crippen LogP contribution in [0.2, 0.25) is 0 Å². The van der Waals surface area contributed by atoms with Crippen molar-refractivity contribution in [3.8, 4) is 0 Å². The third-order valence-corrected chi connectivity index (χ3v) is 5.34. The van der Waals surface area contributed by atoms with Gasteiger partial charge >= 0.3 is 0 Å². The molecule has 14 heteroatoms. The van der Waals surface area contributed by atoms with Gasteiger partial charge in [-0.3, -0.25) is 19.3 Å². The number of nitrogens with zero attached hydrogens (tertiary/aromatic N) is 1. The van der Waals surface area contributed by atoms with Crippen molar-refractivity contribution in [3.63, 3.8) is 0 Å². The molecule has 0 spiro atoms. The van der Waals surface area contributed by atoms with Crippen LogP contribution in [0.5, 0.6) is 0 Å². The van der Waals surface area contributed by atoms with Crippen molar-refractivity contribution >= 4 is 17.7 Å². The maximum atomic E-state index is 12.1. The molecule has 2 rings (SSSR count). The van der Waals surface area contributed by atoms with Gasteiger partial charge in [-0.05, 0) is 0 Å². The molecule has 7 N–H and O–H groups in total. The predicted octanol–water partition coefficient (Wildman–Crippen LogP) is -4.85. The summed E-state index contributed by atoms with van der Waals surface area (Å²) in [5.74, 6) is -2.24.